The minimum absolute atomic E-state index is 0.800. The number of allylic oxidation sites excluding steroid dienone is 1. The molecule has 0 aliphatic heterocycles. The minimum Gasteiger partial charge on any atom is -0.308 e. The molecular formula is C18H25N. The number of rotatable bonds is 5. The molecule has 1 aliphatic carbocycles. The van der Waals surface area contributed by atoms with Crippen LogP contribution < -0.4 is 0 Å². The smallest absolute Gasteiger partial charge is 0.0256 e. The lowest BCUT2D eigenvalue weighted by molar-refractivity contribution is 1.00. The first kappa shape index (κ1) is 14.0. The van der Waals surface area contributed by atoms with Crippen molar-refractivity contribution in [1.29, 1.82) is 5.41 Å². The van der Waals surface area contributed by atoms with Crippen LogP contribution in [0, 0.1) is 18.3 Å². The molecule has 0 saturated heterocycles. The van der Waals surface area contributed by atoms with E-state index in [9.17, 15) is 0 Å². The summed E-state index contributed by atoms with van der Waals surface area (Å²) in [6, 6.07) is 2.21. The summed E-state index contributed by atoms with van der Waals surface area (Å²) in [5, 5.41) is 7.69. The molecule has 1 aromatic rings. The standard InChI is InChI=1S/C18H25N/c1-5-14-10-16(11-19)18(13(4)17(14)6-2)9-12(3)15-7-8-15/h9-11,15,19H,5-8H2,1-4H3/b12-9+,19-11?. The molecule has 1 aliphatic rings. The molecule has 0 bridgehead atoms. The molecule has 0 unspecified atom stereocenters. The lowest BCUT2D eigenvalue weighted by Gasteiger charge is -2.16. The zero-order valence-corrected chi connectivity index (χ0v) is 12.6. The van der Waals surface area contributed by atoms with Gasteiger partial charge >= 0.3 is 0 Å². The molecule has 1 nitrogen and oxygen atoms in total. The fourth-order valence-electron chi connectivity index (χ4n) is 2.98. The number of benzene rings is 1. The summed E-state index contributed by atoms with van der Waals surface area (Å²) in [5.74, 6) is 0.800. The van der Waals surface area contributed by atoms with Gasteiger partial charge in [0.15, 0.2) is 0 Å². The monoisotopic (exact) mass is 255 g/mol. The fourth-order valence-corrected chi connectivity index (χ4v) is 2.98. The van der Waals surface area contributed by atoms with Crippen molar-refractivity contribution < 1.29 is 0 Å². The maximum atomic E-state index is 7.69. The Labute approximate surface area is 117 Å². The SMILES string of the molecule is CCc1cc(C=N)c(/C=C(\C)C2CC2)c(C)c1CC. The second kappa shape index (κ2) is 5.73. The van der Waals surface area contributed by atoms with E-state index in [4.69, 9.17) is 5.41 Å². The van der Waals surface area contributed by atoms with Crippen LogP contribution in [-0.4, -0.2) is 6.21 Å². The Morgan fingerprint density at radius 2 is 2.00 bits per heavy atom. The summed E-state index contributed by atoms with van der Waals surface area (Å²) in [7, 11) is 0. The summed E-state index contributed by atoms with van der Waals surface area (Å²) in [5.41, 5.74) is 8.08. The van der Waals surface area contributed by atoms with E-state index in [-0.39, 0.29) is 0 Å². The van der Waals surface area contributed by atoms with Crippen LogP contribution in [0.25, 0.3) is 6.08 Å². The number of hydrogen-bond donors (Lipinski definition) is 1. The van der Waals surface area contributed by atoms with Gasteiger partial charge in [-0.15, -0.1) is 0 Å². The highest BCUT2D eigenvalue weighted by Crippen LogP contribution is 2.38. The van der Waals surface area contributed by atoms with E-state index in [0.29, 0.717) is 0 Å². The van der Waals surface area contributed by atoms with Crippen LogP contribution in [0.4, 0.5) is 0 Å². The van der Waals surface area contributed by atoms with Crippen molar-refractivity contribution in [2.75, 3.05) is 0 Å². The van der Waals surface area contributed by atoms with E-state index >= 15 is 0 Å². The van der Waals surface area contributed by atoms with Crippen LogP contribution in [0.2, 0.25) is 0 Å². The topological polar surface area (TPSA) is 23.9 Å². The Balaban J connectivity index is 2.57. The molecule has 1 saturated carbocycles. The maximum absolute atomic E-state index is 7.69. The average Bonchev–Trinajstić information content (AvgIpc) is 3.24. The normalized spacial score (nSPS) is 15.7. The summed E-state index contributed by atoms with van der Waals surface area (Å²) in [4.78, 5) is 0. The van der Waals surface area contributed by atoms with Crippen LogP contribution in [0.1, 0.15) is 61.4 Å². The molecular weight excluding hydrogens is 230 g/mol. The van der Waals surface area contributed by atoms with Crippen molar-refractivity contribution in [2.45, 2.75) is 53.4 Å². The molecule has 1 aromatic carbocycles. The minimum atomic E-state index is 0.800. The van der Waals surface area contributed by atoms with Crippen molar-refractivity contribution in [2.24, 2.45) is 5.92 Å². The van der Waals surface area contributed by atoms with Gasteiger partial charge < -0.3 is 5.41 Å². The third kappa shape index (κ3) is 2.80. The van der Waals surface area contributed by atoms with Crippen molar-refractivity contribution in [3.8, 4) is 0 Å². The lowest BCUT2D eigenvalue weighted by Crippen LogP contribution is -2.02. The number of hydrogen-bond acceptors (Lipinski definition) is 1. The first-order chi connectivity index (χ1) is 9.12. The first-order valence-electron chi connectivity index (χ1n) is 7.46. The van der Waals surface area contributed by atoms with Crippen LogP contribution in [0.15, 0.2) is 11.6 Å². The van der Waals surface area contributed by atoms with E-state index in [2.05, 4.69) is 39.8 Å². The molecule has 0 atom stereocenters. The quantitative estimate of drug-likeness (QED) is 0.721. The average molecular weight is 255 g/mol. The third-order valence-corrected chi connectivity index (χ3v) is 4.37. The Hall–Kier alpha value is -1.37. The maximum Gasteiger partial charge on any atom is 0.0256 e. The van der Waals surface area contributed by atoms with E-state index in [1.54, 1.807) is 0 Å². The van der Waals surface area contributed by atoms with Gasteiger partial charge in [0.1, 0.15) is 0 Å². The second-order valence-corrected chi connectivity index (χ2v) is 5.66. The van der Waals surface area contributed by atoms with Crippen LogP contribution >= 0.6 is 0 Å². The zero-order chi connectivity index (χ0) is 14.0. The van der Waals surface area contributed by atoms with Crippen molar-refractivity contribution >= 4 is 12.3 Å². The summed E-state index contributed by atoms with van der Waals surface area (Å²) in [6.07, 6.45) is 8.65. The van der Waals surface area contributed by atoms with Crippen molar-refractivity contribution in [3.05, 3.63) is 39.5 Å². The molecule has 2 rings (SSSR count). The van der Waals surface area contributed by atoms with Crippen LogP contribution in [0.5, 0.6) is 0 Å². The lowest BCUT2D eigenvalue weighted by atomic mass is 9.89. The second-order valence-electron chi connectivity index (χ2n) is 5.66. The zero-order valence-electron chi connectivity index (χ0n) is 12.6. The Bertz CT molecular complexity index is 519. The molecule has 0 radical (unpaired) electrons. The Kier molecular flexibility index (Phi) is 4.24. The van der Waals surface area contributed by atoms with Crippen LogP contribution in [0.3, 0.4) is 0 Å². The highest BCUT2D eigenvalue weighted by atomic mass is 14.3. The largest absolute Gasteiger partial charge is 0.308 e. The van der Waals surface area contributed by atoms with Gasteiger partial charge in [-0.2, -0.15) is 0 Å². The fraction of sp³-hybridized carbons (Fsp3) is 0.500. The molecule has 1 heteroatoms. The van der Waals surface area contributed by atoms with Gasteiger partial charge in [0.2, 0.25) is 0 Å². The molecule has 0 amide bonds. The van der Waals surface area contributed by atoms with Gasteiger partial charge in [-0.1, -0.05) is 25.5 Å². The van der Waals surface area contributed by atoms with Crippen LogP contribution in [-0.2, 0) is 12.8 Å². The molecule has 0 aromatic heterocycles. The molecule has 1 N–H and O–H groups in total. The predicted molar refractivity (Wildman–Crippen MR) is 84.2 cm³/mol. The van der Waals surface area contributed by atoms with Gasteiger partial charge in [0.05, 0.1) is 0 Å². The highest BCUT2D eigenvalue weighted by molar-refractivity contribution is 5.86. The van der Waals surface area contributed by atoms with Crippen molar-refractivity contribution in [1.82, 2.24) is 0 Å². The van der Waals surface area contributed by atoms with Gasteiger partial charge in [-0.3, -0.25) is 0 Å². The molecule has 0 heterocycles. The van der Waals surface area contributed by atoms with E-state index in [1.807, 2.05) is 0 Å². The third-order valence-electron chi connectivity index (χ3n) is 4.37. The van der Waals surface area contributed by atoms with E-state index < -0.39 is 0 Å². The summed E-state index contributed by atoms with van der Waals surface area (Å²) >= 11 is 0. The predicted octanol–water partition coefficient (Wildman–Crippen LogP) is 4.93. The molecule has 102 valence electrons. The molecule has 19 heavy (non-hydrogen) atoms. The summed E-state index contributed by atoms with van der Waals surface area (Å²) < 4.78 is 0. The van der Waals surface area contributed by atoms with Gasteiger partial charge in [0, 0.05) is 6.21 Å². The summed E-state index contributed by atoms with van der Waals surface area (Å²) in [6.45, 7) is 8.89. The first-order valence-corrected chi connectivity index (χ1v) is 7.46. The molecule has 1 fully saturated rings. The number of nitrogens with one attached hydrogen (secondary N) is 1. The Morgan fingerprint density at radius 3 is 2.47 bits per heavy atom. The van der Waals surface area contributed by atoms with Gasteiger partial charge in [-0.05, 0) is 79.3 Å². The Morgan fingerprint density at radius 1 is 1.32 bits per heavy atom. The van der Waals surface area contributed by atoms with E-state index in [0.717, 1.165) is 24.3 Å². The van der Waals surface area contributed by atoms with E-state index in [1.165, 1.54) is 46.9 Å². The van der Waals surface area contributed by atoms with Gasteiger partial charge in [0.25, 0.3) is 0 Å². The van der Waals surface area contributed by atoms with Crippen molar-refractivity contribution in [3.63, 3.8) is 0 Å². The molecule has 0 spiro atoms. The van der Waals surface area contributed by atoms with Gasteiger partial charge in [-0.25, -0.2) is 0 Å². The number of aryl methyl sites for hydroxylation is 1. The highest BCUT2D eigenvalue weighted by Gasteiger charge is 2.23.